The third kappa shape index (κ3) is 2.06. The van der Waals surface area contributed by atoms with E-state index in [1.807, 2.05) is 0 Å². The van der Waals surface area contributed by atoms with Gasteiger partial charge in [0, 0.05) is 11.9 Å². The van der Waals surface area contributed by atoms with Crippen LogP contribution in [0, 0.1) is 0 Å². The van der Waals surface area contributed by atoms with Gasteiger partial charge in [0.25, 0.3) is 5.91 Å². The van der Waals surface area contributed by atoms with E-state index in [-0.39, 0.29) is 5.91 Å². The predicted molar refractivity (Wildman–Crippen MR) is 65.1 cm³/mol. The molecule has 5 nitrogen and oxygen atoms in total. The number of aromatic nitrogens is 2. The number of nitrogens with two attached hydrogens (primary N) is 1. The van der Waals surface area contributed by atoms with Crippen LogP contribution in [-0.2, 0) is 0 Å². The van der Waals surface area contributed by atoms with Crippen molar-refractivity contribution in [3.63, 3.8) is 0 Å². The molecule has 0 bridgehead atoms. The lowest BCUT2D eigenvalue weighted by Crippen LogP contribution is -2.12. The van der Waals surface area contributed by atoms with Crippen LogP contribution in [0.25, 0.3) is 0 Å². The number of carbonyl (C=O) groups is 1. The molecule has 1 amide bonds. The van der Waals surface area contributed by atoms with Crippen LogP contribution in [0.2, 0.25) is 0 Å². The number of hydrogen-bond donors (Lipinski definition) is 3. The SMILES string of the molecule is Nc1cccc(C(=O)Nc2cn[nH]c2)c1Br. The summed E-state index contributed by atoms with van der Waals surface area (Å²) in [5, 5.41) is 9.03. The number of nitrogens with one attached hydrogen (secondary N) is 2. The molecule has 0 aliphatic heterocycles. The summed E-state index contributed by atoms with van der Waals surface area (Å²) in [4.78, 5) is 11.8. The molecule has 2 rings (SSSR count). The number of rotatable bonds is 2. The largest absolute Gasteiger partial charge is 0.398 e. The first-order valence-corrected chi connectivity index (χ1v) is 5.32. The van der Waals surface area contributed by atoms with Gasteiger partial charge in [-0.1, -0.05) is 6.07 Å². The van der Waals surface area contributed by atoms with Gasteiger partial charge in [-0.3, -0.25) is 9.89 Å². The van der Waals surface area contributed by atoms with Crippen LogP contribution < -0.4 is 11.1 Å². The molecule has 6 heteroatoms. The monoisotopic (exact) mass is 280 g/mol. The van der Waals surface area contributed by atoms with E-state index in [4.69, 9.17) is 5.73 Å². The zero-order valence-electron chi connectivity index (χ0n) is 8.20. The molecule has 0 saturated carbocycles. The molecule has 0 radical (unpaired) electrons. The molecule has 0 unspecified atom stereocenters. The molecule has 16 heavy (non-hydrogen) atoms. The van der Waals surface area contributed by atoms with Crippen molar-refractivity contribution < 1.29 is 4.79 Å². The highest BCUT2D eigenvalue weighted by atomic mass is 79.9. The van der Waals surface area contributed by atoms with E-state index in [1.165, 1.54) is 6.20 Å². The summed E-state index contributed by atoms with van der Waals surface area (Å²) in [6.45, 7) is 0. The molecule has 0 fully saturated rings. The summed E-state index contributed by atoms with van der Waals surface area (Å²) >= 11 is 3.28. The fraction of sp³-hybridized carbons (Fsp3) is 0. The van der Waals surface area contributed by atoms with Crippen LogP contribution in [0.3, 0.4) is 0 Å². The molecule has 82 valence electrons. The van der Waals surface area contributed by atoms with Gasteiger partial charge in [0.1, 0.15) is 0 Å². The van der Waals surface area contributed by atoms with E-state index in [9.17, 15) is 4.79 Å². The highest BCUT2D eigenvalue weighted by Crippen LogP contribution is 2.24. The van der Waals surface area contributed by atoms with E-state index in [0.717, 1.165) is 0 Å². The Morgan fingerprint density at radius 3 is 3.00 bits per heavy atom. The third-order valence-electron chi connectivity index (χ3n) is 2.03. The minimum Gasteiger partial charge on any atom is -0.398 e. The standard InChI is InChI=1S/C10H9BrN4O/c11-9-7(2-1-3-8(9)12)10(16)15-6-4-13-14-5-6/h1-5H,12H2,(H,13,14)(H,15,16). The molecule has 1 heterocycles. The molecular weight excluding hydrogens is 272 g/mol. The Bertz CT molecular complexity index is 510. The average molecular weight is 281 g/mol. The van der Waals surface area contributed by atoms with Gasteiger partial charge in [-0.25, -0.2) is 0 Å². The summed E-state index contributed by atoms with van der Waals surface area (Å²) in [7, 11) is 0. The lowest BCUT2D eigenvalue weighted by molar-refractivity contribution is 0.102. The van der Waals surface area contributed by atoms with Gasteiger partial charge in [0.15, 0.2) is 0 Å². The second kappa shape index (κ2) is 4.36. The zero-order chi connectivity index (χ0) is 11.5. The van der Waals surface area contributed by atoms with Crippen molar-refractivity contribution in [3.8, 4) is 0 Å². The van der Waals surface area contributed by atoms with Crippen molar-refractivity contribution in [3.05, 3.63) is 40.6 Å². The second-order valence-corrected chi connectivity index (χ2v) is 3.94. The van der Waals surface area contributed by atoms with Gasteiger partial charge in [0.05, 0.1) is 21.9 Å². The van der Waals surface area contributed by atoms with Crippen LogP contribution >= 0.6 is 15.9 Å². The highest BCUT2D eigenvalue weighted by Gasteiger charge is 2.11. The maximum absolute atomic E-state index is 11.8. The number of anilines is 2. The lowest BCUT2D eigenvalue weighted by atomic mass is 10.2. The smallest absolute Gasteiger partial charge is 0.256 e. The van der Waals surface area contributed by atoms with Gasteiger partial charge in [-0.2, -0.15) is 5.10 Å². The second-order valence-electron chi connectivity index (χ2n) is 3.15. The number of nitrogens with zero attached hydrogens (tertiary/aromatic N) is 1. The number of nitrogen functional groups attached to an aromatic ring is 1. The summed E-state index contributed by atoms with van der Waals surface area (Å²) in [6, 6.07) is 5.14. The van der Waals surface area contributed by atoms with Gasteiger partial charge >= 0.3 is 0 Å². The van der Waals surface area contributed by atoms with Crippen LogP contribution in [-0.4, -0.2) is 16.1 Å². The molecular formula is C10H9BrN4O. The van der Waals surface area contributed by atoms with Crippen molar-refractivity contribution in [1.82, 2.24) is 10.2 Å². The van der Waals surface area contributed by atoms with Gasteiger partial charge in [-0.05, 0) is 28.1 Å². The van der Waals surface area contributed by atoms with Gasteiger partial charge < -0.3 is 11.1 Å². The van der Waals surface area contributed by atoms with Crippen LogP contribution in [0.4, 0.5) is 11.4 Å². The van der Waals surface area contributed by atoms with Crippen LogP contribution in [0.15, 0.2) is 35.1 Å². The molecule has 0 aliphatic rings. The molecule has 0 aliphatic carbocycles. The first-order valence-electron chi connectivity index (χ1n) is 4.52. The molecule has 0 spiro atoms. The van der Waals surface area contributed by atoms with Crippen molar-refractivity contribution in [2.75, 3.05) is 11.1 Å². The summed E-state index contributed by atoms with van der Waals surface area (Å²) in [6.07, 6.45) is 3.12. The summed E-state index contributed by atoms with van der Waals surface area (Å²) in [5.74, 6) is -0.236. The van der Waals surface area contributed by atoms with E-state index >= 15 is 0 Å². The topological polar surface area (TPSA) is 83.8 Å². The molecule has 1 aromatic heterocycles. The average Bonchev–Trinajstić information content (AvgIpc) is 2.74. The van der Waals surface area contributed by atoms with Gasteiger partial charge in [-0.15, -0.1) is 0 Å². The zero-order valence-corrected chi connectivity index (χ0v) is 9.78. The minimum absolute atomic E-state index is 0.236. The molecule has 2 aromatic rings. The maximum atomic E-state index is 11.8. The van der Waals surface area contributed by atoms with Crippen molar-refractivity contribution in [2.45, 2.75) is 0 Å². The number of carbonyl (C=O) groups excluding carboxylic acids is 1. The Kier molecular flexibility index (Phi) is 2.91. The molecule has 1 aromatic carbocycles. The summed E-state index contributed by atoms with van der Waals surface area (Å²) in [5.41, 5.74) is 7.31. The predicted octanol–water partition coefficient (Wildman–Crippen LogP) is 2.01. The Morgan fingerprint density at radius 2 is 2.31 bits per heavy atom. The first kappa shape index (κ1) is 10.7. The Morgan fingerprint density at radius 1 is 1.50 bits per heavy atom. The Balaban J connectivity index is 2.24. The number of aromatic amines is 1. The lowest BCUT2D eigenvalue weighted by Gasteiger charge is -2.06. The number of benzene rings is 1. The molecule has 0 saturated heterocycles. The summed E-state index contributed by atoms with van der Waals surface area (Å²) < 4.78 is 0.594. The van der Waals surface area contributed by atoms with Crippen molar-refractivity contribution >= 4 is 33.2 Å². The quantitative estimate of drug-likeness (QED) is 0.736. The number of hydrogen-bond acceptors (Lipinski definition) is 3. The molecule has 4 N–H and O–H groups in total. The number of halogens is 1. The Hall–Kier alpha value is -1.82. The van der Waals surface area contributed by atoms with Crippen molar-refractivity contribution in [1.29, 1.82) is 0 Å². The minimum atomic E-state index is -0.236. The molecule has 0 atom stereocenters. The number of amides is 1. The fourth-order valence-corrected chi connectivity index (χ4v) is 1.69. The first-order chi connectivity index (χ1) is 7.68. The number of H-pyrrole nitrogens is 1. The normalized spacial score (nSPS) is 10.1. The van der Waals surface area contributed by atoms with Crippen LogP contribution in [0.1, 0.15) is 10.4 Å². The third-order valence-corrected chi connectivity index (χ3v) is 2.91. The van der Waals surface area contributed by atoms with Crippen LogP contribution in [0.5, 0.6) is 0 Å². The van der Waals surface area contributed by atoms with Crippen molar-refractivity contribution in [2.24, 2.45) is 0 Å². The van der Waals surface area contributed by atoms with E-state index in [2.05, 4.69) is 31.4 Å². The van der Waals surface area contributed by atoms with E-state index < -0.39 is 0 Å². The fourth-order valence-electron chi connectivity index (χ4n) is 1.24. The van der Waals surface area contributed by atoms with Gasteiger partial charge in [0.2, 0.25) is 0 Å². The van der Waals surface area contributed by atoms with E-state index in [0.29, 0.717) is 21.4 Å². The van der Waals surface area contributed by atoms with E-state index in [1.54, 1.807) is 24.4 Å². The maximum Gasteiger partial charge on any atom is 0.256 e. The Labute approximate surface area is 100 Å². The highest BCUT2D eigenvalue weighted by molar-refractivity contribution is 9.10.